The molecule has 0 saturated carbocycles. The molecule has 2 aromatic rings. The van der Waals surface area contributed by atoms with Crippen molar-refractivity contribution in [3.63, 3.8) is 0 Å². The van der Waals surface area contributed by atoms with Gasteiger partial charge in [-0.05, 0) is 52.3 Å². The molecule has 1 amide bonds. The molecular formula is C22H30N2O7. The van der Waals surface area contributed by atoms with Crippen LogP contribution in [0.25, 0.3) is 10.9 Å². The van der Waals surface area contributed by atoms with Crippen molar-refractivity contribution >= 4 is 28.9 Å². The minimum Gasteiger partial charge on any atom is -0.497 e. The minimum absolute atomic E-state index is 0.0150. The predicted molar refractivity (Wildman–Crippen MR) is 114 cm³/mol. The number of hydrogen-bond donors (Lipinski definition) is 2. The van der Waals surface area contributed by atoms with Crippen LogP contribution in [0.2, 0.25) is 0 Å². The van der Waals surface area contributed by atoms with Crippen molar-refractivity contribution in [1.29, 1.82) is 0 Å². The fraction of sp³-hybridized carbons (Fsp3) is 0.500. The molecule has 0 aliphatic carbocycles. The van der Waals surface area contributed by atoms with Gasteiger partial charge < -0.3 is 23.9 Å². The molecule has 0 saturated heterocycles. The summed E-state index contributed by atoms with van der Waals surface area (Å²) in [6.45, 7) is 8.28. The molecule has 2 N–H and O–H groups in total. The Balaban J connectivity index is 2.54. The third-order valence-corrected chi connectivity index (χ3v) is 4.39. The summed E-state index contributed by atoms with van der Waals surface area (Å²) in [5.41, 5.74) is -1.61. The third kappa shape index (κ3) is 5.68. The molecule has 0 spiro atoms. The SMILES string of the molecule is CCOC(=O)C(Cc1c[nH]c2cc(OC)ccc12)(NC(=O)OC(C)(C)C)C(=O)OCC. The van der Waals surface area contributed by atoms with Crippen LogP contribution in [0.4, 0.5) is 4.79 Å². The van der Waals surface area contributed by atoms with Gasteiger partial charge in [0.1, 0.15) is 11.4 Å². The molecule has 170 valence electrons. The van der Waals surface area contributed by atoms with Gasteiger partial charge >= 0.3 is 18.0 Å². The number of esters is 2. The first-order valence-electron chi connectivity index (χ1n) is 10.1. The van der Waals surface area contributed by atoms with Crippen molar-refractivity contribution in [1.82, 2.24) is 10.3 Å². The first-order valence-corrected chi connectivity index (χ1v) is 10.1. The lowest BCUT2D eigenvalue weighted by molar-refractivity contribution is -0.166. The Morgan fingerprint density at radius 3 is 2.16 bits per heavy atom. The van der Waals surface area contributed by atoms with E-state index in [4.69, 9.17) is 18.9 Å². The average molecular weight is 434 g/mol. The Labute approximate surface area is 181 Å². The topological polar surface area (TPSA) is 116 Å². The van der Waals surface area contributed by atoms with Crippen molar-refractivity contribution in [3.05, 3.63) is 30.0 Å². The van der Waals surface area contributed by atoms with E-state index in [0.29, 0.717) is 11.3 Å². The molecule has 9 nitrogen and oxygen atoms in total. The van der Waals surface area contributed by atoms with Gasteiger partial charge in [-0.2, -0.15) is 0 Å². The van der Waals surface area contributed by atoms with Crippen LogP contribution in [-0.2, 0) is 30.2 Å². The van der Waals surface area contributed by atoms with Gasteiger partial charge in [-0.25, -0.2) is 14.4 Å². The quantitative estimate of drug-likeness (QED) is 0.372. The number of carbonyl (C=O) groups excluding carboxylic acids is 3. The van der Waals surface area contributed by atoms with Crippen LogP contribution in [0.15, 0.2) is 24.4 Å². The molecule has 0 aliphatic heterocycles. The van der Waals surface area contributed by atoms with Gasteiger partial charge in [0.15, 0.2) is 0 Å². The minimum atomic E-state index is -2.12. The number of rotatable bonds is 8. The zero-order valence-electron chi connectivity index (χ0n) is 18.8. The summed E-state index contributed by atoms with van der Waals surface area (Å²) in [6, 6.07) is 5.35. The van der Waals surface area contributed by atoms with Crippen LogP contribution < -0.4 is 10.1 Å². The molecule has 1 aromatic carbocycles. The summed E-state index contributed by atoms with van der Waals surface area (Å²) in [5, 5.41) is 3.19. The third-order valence-electron chi connectivity index (χ3n) is 4.39. The highest BCUT2D eigenvalue weighted by Crippen LogP contribution is 2.28. The van der Waals surface area contributed by atoms with Crippen LogP contribution in [0.5, 0.6) is 5.75 Å². The molecule has 9 heteroatoms. The average Bonchev–Trinajstić information content (AvgIpc) is 3.07. The number of fused-ring (bicyclic) bond motifs is 1. The zero-order valence-corrected chi connectivity index (χ0v) is 18.8. The molecule has 0 bridgehead atoms. The highest BCUT2D eigenvalue weighted by Gasteiger charge is 2.51. The van der Waals surface area contributed by atoms with Crippen LogP contribution in [0.1, 0.15) is 40.2 Å². The summed E-state index contributed by atoms with van der Waals surface area (Å²) < 4.78 is 20.9. The molecule has 1 aromatic heterocycles. The number of hydrogen-bond acceptors (Lipinski definition) is 7. The summed E-state index contributed by atoms with van der Waals surface area (Å²) in [5.74, 6) is -1.21. The van der Waals surface area contributed by atoms with Gasteiger partial charge in [-0.15, -0.1) is 0 Å². The highest BCUT2D eigenvalue weighted by molar-refractivity contribution is 6.08. The van der Waals surface area contributed by atoms with Crippen molar-refractivity contribution in [2.24, 2.45) is 0 Å². The van der Waals surface area contributed by atoms with Gasteiger partial charge in [0, 0.05) is 29.6 Å². The van der Waals surface area contributed by atoms with E-state index in [0.717, 1.165) is 10.9 Å². The first kappa shape index (κ1) is 24.0. The predicted octanol–water partition coefficient (Wildman–Crippen LogP) is 3.11. The second-order valence-electron chi connectivity index (χ2n) is 7.88. The highest BCUT2D eigenvalue weighted by atomic mass is 16.6. The monoisotopic (exact) mass is 434 g/mol. The number of alkyl carbamates (subject to hydrolysis) is 1. The summed E-state index contributed by atoms with van der Waals surface area (Å²) >= 11 is 0. The van der Waals surface area contributed by atoms with Crippen LogP contribution in [-0.4, -0.2) is 54.5 Å². The van der Waals surface area contributed by atoms with Crippen LogP contribution >= 0.6 is 0 Å². The summed E-state index contributed by atoms with van der Waals surface area (Å²) in [6.07, 6.45) is 0.528. The second-order valence-corrected chi connectivity index (χ2v) is 7.88. The smallest absolute Gasteiger partial charge is 0.409 e. The molecular weight excluding hydrogens is 404 g/mol. The molecule has 1 heterocycles. The van der Waals surface area contributed by atoms with E-state index in [9.17, 15) is 14.4 Å². The zero-order chi connectivity index (χ0) is 23.2. The Hall–Kier alpha value is -3.23. The van der Waals surface area contributed by atoms with E-state index in [1.807, 2.05) is 0 Å². The van der Waals surface area contributed by atoms with Crippen molar-refractivity contribution in [2.75, 3.05) is 20.3 Å². The number of aromatic amines is 1. The number of carbonyl (C=O) groups is 3. The van der Waals surface area contributed by atoms with E-state index in [1.165, 1.54) is 0 Å². The number of benzene rings is 1. The summed E-state index contributed by atoms with van der Waals surface area (Å²) in [7, 11) is 1.56. The van der Waals surface area contributed by atoms with E-state index in [-0.39, 0.29) is 19.6 Å². The maximum Gasteiger partial charge on any atom is 0.409 e. The Bertz CT molecular complexity index is 925. The lowest BCUT2D eigenvalue weighted by Crippen LogP contribution is -2.63. The molecule has 0 aliphatic rings. The van der Waals surface area contributed by atoms with E-state index in [2.05, 4.69) is 10.3 Å². The Morgan fingerprint density at radius 2 is 1.65 bits per heavy atom. The van der Waals surface area contributed by atoms with Gasteiger partial charge in [-0.3, -0.25) is 5.32 Å². The Kier molecular flexibility index (Phi) is 7.54. The van der Waals surface area contributed by atoms with Gasteiger partial charge in [0.2, 0.25) is 5.54 Å². The molecule has 2 rings (SSSR count). The van der Waals surface area contributed by atoms with Crippen molar-refractivity contribution in [2.45, 2.75) is 52.2 Å². The lowest BCUT2D eigenvalue weighted by Gasteiger charge is -2.31. The largest absolute Gasteiger partial charge is 0.497 e. The van der Waals surface area contributed by atoms with Crippen LogP contribution in [0, 0.1) is 0 Å². The fourth-order valence-corrected chi connectivity index (χ4v) is 3.08. The first-order chi connectivity index (χ1) is 14.6. The number of nitrogens with one attached hydrogen (secondary N) is 2. The number of ether oxygens (including phenoxy) is 4. The number of methoxy groups -OCH3 is 1. The van der Waals surface area contributed by atoms with Crippen LogP contribution in [0.3, 0.4) is 0 Å². The second kappa shape index (κ2) is 9.72. The molecule has 0 atom stereocenters. The normalized spacial score (nSPS) is 11.7. The number of H-pyrrole nitrogens is 1. The molecule has 31 heavy (non-hydrogen) atoms. The van der Waals surface area contributed by atoms with Gasteiger partial charge in [0.25, 0.3) is 0 Å². The maximum atomic E-state index is 13.0. The summed E-state index contributed by atoms with van der Waals surface area (Å²) in [4.78, 5) is 41.7. The Morgan fingerprint density at radius 1 is 1.03 bits per heavy atom. The van der Waals surface area contributed by atoms with E-state index >= 15 is 0 Å². The molecule has 0 fully saturated rings. The van der Waals surface area contributed by atoms with Gasteiger partial charge in [0.05, 0.1) is 20.3 Å². The van der Waals surface area contributed by atoms with E-state index in [1.54, 1.807) is 66.1 Å². The van der Waals surface area contributed by atoms with Crippen molar-refractivity contribution < 1.29 is 33.3 Å². The maximum absolute atomic E-state index is 13.0. The van der Waals surface area contributed by atoms with Crippen molar-refractivity contribution in [3.8, 4) is 5.75 Å². The molecule has 0 radical (unpaired) electrons. The van der Waals surface area contributed by atoms with E-state index < -0.39 is 29.2 Å². The number of amides is 1. The fourth-order valence-electron chi connectivity index (χ4n) is 3.08. The lowest BCUT2D eigenvalue weighted by atomic mass is 9.90. The standard InChI is InChI=1S/C22H30N2O7/c1-7-29-18(25)22(19(26)30-8-2,24-20(27)31-21(3,4)5)12-14-13-23-17-11-15(28-6)9-10-16(14)17/h9-11,13,23H,7-8,12H2,1-6H3,(H,24,27). The van der Waals surface area contributed by atoms with Gasteiger partial charge in [-0.1, -0.05) is 0 Å². The molecule has 0 unspecified atom stereocenters. The number of aromatic nitrogens is 1.